The van der Waals surface area contributed by atoms with Crippen molar-refractivity contribution < 1.29 is 9.21 Å². The molecule has 1 N–H and O–H groups in total. The SMILES string of the molecule is Cc1cc(C)n(C(CNC(=O)C2CC2)c2ccco2)n1. The second-order valence-corrected chi connectivity index (χ2v) is 5.42. The van der Waals surface area contributed by atoms with Crippen molar-refractivity contribution in [2.75, 3.05) is 6.54 Å². The van der Waals surface area contributed by atoms with Crippen LogP contribution < -0.4 is 5.32 Å². The minimum absolute atomic E-state index is 0.0959. The average Bonchev–Trinajstić information content (AvgIpc) is 3.03. The summed E-state index contributed by atoms with van der Waals surface area (Å²) in [6.45, 7) is 4.48. The van der Waals surface area contributed by atoms with E-state index in [1.54, 1.807) is 6.26 Å². The third-order valence-electron chi connectivity index (χ3n) is 3.63. The molecule has 0 spiro atoms. The minimum Gasteiger partial charge on any atom is -0.467 e. The number of aromatic nitrogens is 2. The molecule has 0 bridgehead atoms. The van der Waals surface area contributed by atoms with Crippen molar-refractivity contribution >= 4 is 5.91 Å². The average molecular weight is 273 g/mol. The van der Waals surface area contributed by atoms with Gasteiger partial charge in [-0.1, -0.05) is 0 Å². The number of carbonyl (C=O) groups excluding carboxylic acids is 1. The molecule has 0 saturated heterocycles. The van der Waals surface area contributed by atoms with Gasteiger partial charge in [0.25, 0.3) is 0 Å². The highest BCUT2D eigenvalue weighted by molar-refractivity contribution is 5.80. The van der Waals surface area contributed by atoms with E-state index in [1.165, 1.54) is 0 Å². The molecule has 1 aliphatic rings. The molecule has 106 valence electrons. The first-order valence-corrected chi connectivity index (χ1v) is 6.99. The number of nitrogens with one attached hydrogen (secondary N) is 1. The Hall–Kier alpha value is -2.04. The van der Waals surface area contributed by atoms with E-state index in [1.807, 2.05) is 36.7 Å². The van der Waals surface area contributed by atoms with E-state index in [2.05, 4.69) is 10.4 Å². The predicted octanol–water partition coefficient (Wildman–Crippen LogP) is 2.21. The number of hydrogen-bond acceptors (Lipinski definition) is 3. The van der Waals surface area contributed by atoms with Gasteiger partial charge in [-0.05, 0) is 44.9 Å². The van der Waals surface area contributed by atoms with Crippen molar-refractivity contribution in [1.82, 2.24) is 15.1 Å². The zero-order chi connectivity index (χ0) is 14.1. The Balaban J connectivity index is 1.80. The monoisotopic (exact) mass is 273 g/mol. The Morgan fingerprint density at radius 1 is 1.55 bits per heavy atom. The molecule has 1 saturated carbocycles. The van der Waals surface area contributed by atoms with Crippen LogP contribution in [-0.2, 0) is 4.79 Å². The van der Waals surface area contributed by atoms with Gasteiger partial charge in [0.15, 0.2) is 0 Å². The molecule has 1 unspecified atom stereocenters. The van der Waals surface area contributed by atoms with E-state index in [-0.39, 0.29) is 17.9 Å². The fourth-order valence-electron chi connectivity index (χ4n) is 2.44. The maximum Gasteiger partial charge on any atom is 0.223 e. The van der Waals surface area contributed by atoms with Crippen LogP contribution in [0.5, 0.6) is 0 Å². The summed E-state index contributed by atoms with van der Waals surface area (Å²) in [5, 5.41) is 7.52. The molecule has 1 amide bonds. The highest BCUT2D eigenvalue weighted by atomic mass is 16.3. The van der Waals surface area contributed by atoms with Crippen LogP contribution in [0.2, 0.25) is 0 Å². The summed E-state index contributed by atoms with van der Waals surface area (Å²) in [5.41, 5.74) is 2.03. The van der Waals surface area contributed by atoms with E-state index in [0.717, 1.165) is 30.0 Å². The van der Waals surface area contributed by atoms with E-state index < -0.39 is 0 Å². The van der Waals surface area contributed by atoms with Crippen molar-refractivity contribution in [2.24, 2.45) is 5.92 Å². The lowest BCUT2D eigenvalue weighted by Gasteiger charge is -2.18. The van der Waals surface area contributed by atoms with E-state index in [0.29, 0.717) is 6.54 Å². The molecule has 0 aromatic carbocycles. The standard InChI is InChI=1S/C15H19N3O2/c1-10-8-11(2)18(17-10)13(14-4-3-7-20-14)9-16-15(19)12-5-6-12/h3-4,7-8,12-13H,5-6,9H2,1-2H3,(H,16,19). The zero-order valence-electron chi connectivity index (χ0n) is 11.8. The van der Waals surface area contributed by atoms with Crippen LogP contribution in [0, 0.1) is 19.8 Å². The molecular weight excluding hydrogens is 254 g/mol. The molecule has 2 aromatic heterocycles. The Morgan fingerprint density at radius 3 is 2.90 bits per heavy atom. The molecule has 1 atom stereocenters. The molecule has 20 heavy (non-hydrogen) atoms. The second kappa shape index (κ2) is 5.15. The first kappa shape index (κ1) is 13.0. The number of aryl methyl sites for hydroxylation is 2. The Morgan fingerprint density at radius 2 is 2.35 bits per heavy atom. The first-order chi connectivity index (χ1) is 9.65. The van der Waals surface area contributed by atoms with Gasteiger partial charge >= 0.3 is 0 Å². The number of hydrogen-bond donors (Lipinski definition) is 1. The maximum atomic E-state index is 11.8. The highest BCUT2D eigenvalue weighted by Crippen LogP contribution is 2.29. The third-order valence-corrected chi connectivity index (χ3v) is 3.63. The molecule has 0 radical (unpaired) electrons. The Kier molecular flexibility index (Phi) is 3.34. The van der Waals surface area contributed by atoms with Gasteiger partial charge in [-0.15, -0.1) is 0 Å². The molecule has 0 aliphatic heterocycles. The van der Waals surface area contributed by atoms with E-state index in [4.69, 9.17) is 4.42 Å². The van der Waals surface area contributed by atoms with Crippen LogP contribution >= 0.6 is 0 Å². The molecule has 2 aromatic rings. The van der Waals surface area contributed by atoms with Gasteiger partial charge in [0.2, 0.25) is 5.91 Å². The van der Waals surface area contributed by atoms with Crippen LogP contribution in [0.25, 0.3) is 0 Å². The lowest BCUT2D eigenvalue weighted by Crippen LogP contribution is -2.32. The lowest BCUT2D eigenvalue weighted by atomic mass is 10.2. The molecular formula is C15H19N3O2. The van der Waals surface area contributed by atoms with Gasteiger partial charge in [-0.25, -0.2) is 0 Å². The van der Waals surface area contributed by atoms with Crippen LogP contribution in [0.4, 0.5) is 0 Å². The highest BCUT2D eigenvalue weighted by Gasteiger charge is 2.30. The van der Waals surface area contributed by atoms with Crippen molar-refractivity contribution in [2.45, 2.75) is 32.7 Å². The quantitative estimate of drug-likeness (QED) is 0.908. The van der Waals surface area contributed by atoms with Crippen molar-refractivity contribution in [3.63, 3.8) is 0 Å². The summed E-state index contributed by atoms with van der Waals surface area (Å²) >= 11 is 0. The molecule has 3 rings (SSSR count). The number of carbonyl (C=O) groups is 1. The molecule has 1 fully saturated rings. The lowest BCUT2D eigenvalue weighted by molar-refractivity contribution is -0.122. The van der Waals surface area contributed by atoms with Crippen molar-refractivity contribution in [1.29, 1.82) is 0 Å². The largest absolute Gasteiger partial charge is 0.467 e. The van der Waals surface area contributed by atoms with Gasteiger partial charge < -0.3 is 9.73 Å². The Labute approximate surface area is 118 Å². The summed E-state index contributed by atoms with van der Waals surface area (Å²) < 4.78 is 7.43. The summed E-state index contributed by atoms with van der Waals surface area (Å²) in [4.78, 5) is 11.8. The van der Waals surface area contributed by atoms with Gasteiger partial charge in [-0.2, -0.15) is 5.10 Å². The summed E-state index contributed by atoms with van der Waals surface area (Å²) in [6, 6.07) is 5.71. The smallest absolute Gasteiger partial charge is 0.223 e. The van der Waals surface area contributed by atoms with Crippen LogP contribution in [-0.4, -0.2) is 22.2 Å². The summed E-state index contributed by atoms with van der Waals surface area (Å²) in [6.07, 6.45) is 3.67. The molecule has 5 heteroatoms. The second-order valence-electron chi connectivity index (χ2n) is 5.42. The minimum atomic E-state index is -0.0959. The van der Waals surface area contributed by atoms with Crippen LogP contribution in [0.1, 0.15) is 36.0 Å². The topological polar surface area (TPSA) is 60.1 Å². The molecule has 5 nitrogen and oxygen atoms in total. The van der Waals surface area contributed by atoms with E-state index in [9.17, 15) is 4.79 Å². The van der Waals surface area contributed by atoms with Crippen molar-refractivity contribution in [3.05, 3.63) is 41.6 Å². The number of nitrogens with zero attached hydrogens (tertiary/aromatic N) is 2. The van der Waals surface area contributed by atoms with Gasteiger partial charge in [0.1, 0.15) is 11.8 Å². The van der Waals surface area contributed by atoms with Gasteiger partial charge in [0.05, 0.1) is 12.0 Å². The fraction of sp³-hybridized carbons (Fsp3) is 0.467. The van der Waals surface area contributed by atoms with Crippen molar-refractivity contribution in [3.8, 4) is 0 Å². The zero-order valence-corrected chi connectivity index (χ0v) is 11.8. The first-order valence-electron chi connectivity index (χ1n) is 6.99. The predicted molar refractivity (Wildman–Crippen MR) is 74.3 cm³/mol. The number of furan rings is 1. The summed E-state index contributed by atoms with van der Waals surface area (Å²) in [7, 11) is 0. The maximum absolute atomic E-state index is 11.8. The molecule has 2 heterocycles. The number of rotatable bonds is 5. The number of amides is 1. The van der Waals surface area contributed by atoms with Gasteiger partial charge in [0, 0.05) is 18.2 Å². The van der Waals surface area contributed by atoms with Gasteiger partial charge in [-0.3, -0.25) is 9.48 Å². The molecule has 1 aliphatic carbocycles. The van der Waals surface area contributed by atoms with Crippen LogP contribution in [0.15, 0.2) is 28.9 Å². The van der Waals surface area contributed by atoms with E-state index >= 15 is 0 Å². The van der Waals surface area contributed by atoms with Crippen LogP contribution in [0.3, 0.4) is 0 Å². The Bertz CT molecular complexity index is 597. The normalized spacial score (nSPS) is 16.1. The fourth-order valence-corrected chi connectivity index (χ4v) is 2.44. The third kappa shape index (κ3) is 2.61. The summed E-state index contributed by atoms with van der Waals surface area (Å²) in [5.74, 6) is 1.17.